The highest BCUT2D eigenvalue weighted by Gasteiger charge is 2.24. The largest absolute Gasteiger partial charge is 0.462 e. The van der Waals surface area contributed by atoms with E-state index in [0.717, 1.165) is 173 Å². The van der Waals surface area contributed by atoms with Crippen molar-refractivity contribution in [3.63, 3.8) is 0 Å². The van der Waals surface area contributed by atoms with Gasteiger partial charge in [-0.15, -0.1) is 0 Å². The Morgan fingerprint density at radius 1 is 0.348 bits per heavy atom. The van der Waals surface area contributed by atoms with Gasteiger partial charge in [-0.05, 0) is 130 Å². The lowest BCUT2D eigenvalue weighted by Gasteiger charge is -2.26. The summed E-state index contributed by atoms with van der Waals surface area (Å²) >= 11 is 0. The van der Waals surface area contributed by atoms with E-state index in [4.69, 9.17) is 18.9 Å². The van der Waals surface area contributed by atoms with Gasteiger partial charge in [0.25, 0.3) is 0 Å². The molecule has 1 atom stereocenters. The van der Waals surface area contributed by atoms with Crippen LogP contribution in [-0.4, -0.2) is 91.9 Å². The van der Waals surface area contributed by atoms with Gasteiger partial charge in [0.2, 0.25) is 0 Å². The molecule has 1 unspecified atom stereocenters. The second kappa shape index (κ2) is 49.2. The van der Waals surface area contributed by atoms with Gasteiger partial charge in [-0.2, -0.15) is 0 Å². The van der Waals surface area contributed by atoms with Crippen molar-refractivity contribution < 1.29 is 38.1 Å². The van der Waals surface area contributed by atoms with Crippen LogP contribution in [0.5, 0.6) is 0 Å². The van der Waals surface area contributed by atoms with E-state index in [9.17, 15) is 19.2 Å². The maximum Gasteiger partial charge on any atom is 0.410 e. The van der Waals surface area contributed by atoms with Gasteiger partial charge in [0.15, 0.2) is 0 Å². The molecule has 0 saturated heterocycles. The summed E-state index contributed by atoms with van der Waals surface area (Å²) in [5.74, 6) is -0.445. The fraction of sp³-hybridized carbons (Fsp3) is 0.932. The number of amides is 1. The first-order chi connectivity index (χ1) is 33.5. The molecule has 0 N–H and O–H groups in total. The first kappa shape index (κ1) is 66.6. The smallest absolute Gasteiger partial charge is 0.410 e. The van der Waals surface area contributed by atoms with E-state index in [1.54, 1.807) is 4.90 Å². The summed E-state index contributed by atoms with van der Waals surface area (Å²) in [5.41, 5.74) is 0. The second-order valence-corrected chi connectivity index (χ2v) is 21.0. The Labute approximate surface area is 427 Å². The van der Waals surface area contributed by atoms with Gasteiger partial charge in [0.1, 0.15) is 24.9 Å². The number of hydrogen-bond donors (Lipinski definition) is 0. The van der Waals surface area contributed by atoms with Crippen molar-refractivity contribution in [1.82, 2.24) is 9.80 Å². The van der Waals surface area contributed by atoms with Gasteiger partial charge in [-0.25, -0.2) is 4.79 Å². The fourth-order valence-electron chi connectivity index (χ4n) is 9.17. The maximum atomic E-state index is 13.8. The Hall–Kier alpha value is -2.36. The number of ether oxygens (including phenoxy) is 4. The predicted molar refractivity (Wildman–Crippen MR) is 289 cm³/mol. The summed E-state index contributed by atoms with van der Waals surface area (Å²) in [4.78, 5) is 56.1. The van der Waals surface area contributed by atoms with Crippen LogP contribution >= 0.6 is 0 Å². The summed E-state index contributed by atoms with van der Waals surface area (Å²) in [6, 6.07) is 0. The third kappa shape index (κ3) is 44.1. The number of esters is 3. The van der Waals surface area contributed by atoms with Crippen molar-refractivity contribution in [3.05, 3.63) is 0 Å². The molecule has 408 valence electrons. The van der Waals surface area contributed by atoms with E-state index < -0.39 is 6.09 Å². The lowest BCUT2D eigenvalue weighted by Crippen LogP contribution is -2.40. The molecule has 10 heteroatoms. The zero-order chi connectivity index (χ0) is 51.0. The molecule has 0 fully saturated rings. The zero-order valence-corrected chi connectivity index (χ0v) is 46.9. The van der Waals surface area contributed by atoms with Crippen LogP contribution < -0.4 is 0 Å². The third-order valence-corrected chi connectivity index (χ3v) is 13.6. The van der Waals surface area contributed by atoms with Crippen molar-refractivity contribution in [2.45, 2.75) is 323 Å². The van der Waals surface area contributed by atoms with Crippen LogP contribution in [0.25, 0.3) is 0 Å². The standard InChI is InChI=1S/C59H114N2O8/c1-9-14-19-31-41-53(42-32-20-15-10-2)67-56(62)47-37-29-25-23-27-35-45-55(69-59(65)61(50-39-49-60(7)8)51-58(64)66-52(6)40-18-13-5)46-36-28-24-26-30-38-48-57(63)68-54(43-33-21-16-11-3)44-34-22-17-12-4/h52-55H,9-51H2,1-8H3. The Morgan fingerprint density at radius 3 is 1.04 bits per heavy atom. The van der Waals surface area contributed by atoms with Gasteiger partial charge in [0, 0.05) is 19.4 Å². The van der Waals surface area contributed by atoms with Gasteiger partial charge in [-0.1, -0.05) is 176 Å². The number of carbonyl (C=O) groups is 4. The minimum absolute atomic E-state index is 0.0318. The number of unbranched alkanes of at least 4 members (excludes halogenated alkanes) is 23. The molecule has 0 rings (SSSR count). The first-order valence-electron chi connectivity index (χ1n) is 29.7. The maximum absolute atomic E-state index is 13.8. The van der Waals surface area contributed by atoms with Crippen molar-refractivity contribution in [2.75, 3.05) is 33.7 Å². The zero-order valence-electron chi connectivity index (χ0n) is 46.9. The molecule has 0 radical (unpaired) electrons. The van der Waals surface area contributed by atoms with Gasteiger partial charge < -0.3 is 23.8 Å². The van der Waals surface area contributed by atoms with E-state index in [-0.39, 0.29) is 48.9 Å². The number of nitrogens with zero attached hydrogens (tertiary/aromatic N) is 2. The number of hydrogen-bond acceptors (Lipinski definition) is 9. The second-order valence-electron chi connectivity index (χ2n) is 21.0. The molecule has 0 aromatic rings. The van der Waals surface area contributed by atoms with Crippen LogP contribution in [0.1, 0.15) is 298 Å². The lowest BCUT2D eigenvalue weighted by molar-refractivity contribution is -0.151. The van der Waals surface area contributed by atoms with Crippen molar-refractivity contribution in [3.8, 4) is 0 Å². The quantitative estimate of drug-likeness (QED) is 0.0334. The molecule has 0 bridgehead atoms. The van der Waals surface area contributed by atoms with E-state index in [1.807, 2.05) is 21.0 Å². The minimum Gasteiger partial charge on any atom is -0.462 e. The van der Waals surface area contributed by atoms with E-state index >= 15 is 0 Å². The summed E-state index contributed by atoms with van der Waals surface area (Å²) in [5, 5.41) is 0. The topological polar surface area (TPSA) is 112 Å². The van der Waals surface area contributed by atoms with E-state index in [0.29, 0.717) is 19.4 Å². The van der Waals surface area contributed by atoms with E-state index in [1.165, 1.54) is 77.0 Å². The highest BCUT2D eigenvalue weighted by Crippen LogP contribution is 2.22. The molecular weight excluding hydrogens is 865 g/mol. The Bertz CT molecular complexity index is 1100. The van der Waals surface area contributed by atoms with Crippen LogP contribution in [0.15, 0.2) is 0 Å². The van der Waals surface area contributed by atoms with Crippen LogP contribution in [0, 0.1) is 0 Å². The summed E-state index contributed by atoms with van der Waals surface area (Å²) in [6.07, 6.45) is 40.8. The minimum atomic E-state index is -0.427. The monoisotopic (exact) mass is 979 g/mol. The molecule has 0 saturated carbocycles. The number of carbonyl (C=O) groups excluding carboxylic acids is 4. The van der Waals surface area contributed by atoms with Gasteiger partial charge >= 0.3 is 24.0 Å². The summed E-state index contributed by atoms with van der Waals surface area (Å²) < 4.78 is 24.0. The number of rotatable bonds is 51. The SMILES string of the molecule is CCCCCCC(CCCCCC)OC(=O)CCCCCCCCC(CCCCCCCCC(=O)OC(CCCCCC)CCCCCC)OC(=O)N(CCCN(C)C)CC(=O)OC(C)CCCC. The van der Waals surface area contributed by atoms with Crippen LogP contribution in [-0.2, 0) is 33.3 Å². The average Bonchev–Trinajstić information content (AvgIpc) is 3.31. The van der Waals surface area contributed by atoms with Crippen LogP contribution in [0.4, 0.5) is 4.79 Å². The summed E-state index contributed by atoms with van der Waals surface area (Å²) in [6.45, 7) is 14.1. The third-order valence-electron chi connectivity index (χ3n) is 13.6. The molecule has 0 spiro atoms. The molecule has 0 aromatic carbocycles. The highest BCUT2D eigenvalue weighted by atomic mass is 16.6. The summed E-state index contributed by atoms with van der Waals surface area (Å²) in [7, 11) is 4.02. The van der Waals surface area contributed by atoms with Crippen LogP contribution in [0.3, 0.4) is 0 Å². The first-order valence-corrected chi connectivity index (χ1v) is 29.7. The molecule has 69 heavy (non-hydrogen) atoms. The average molecular weight is 980 g/mol. The fourth-order valence-corrected chi connectivity index (χ4v) is 9.17. The van der Waals surface area contributed by atoms with Gasteiger partial charge in [-0.3, -0.25) is 19.3 Å². The molecule has 0 aliphatic carbocycles. The lowest BCUT2D eigenvalue weighted by atomic mass is 10.0. The van der Waals surface area contributed by atoms with Gasteiger partial charge in [0.05, 0.1) is 6.10 Å². The molecule has 1 amide bonds. The Balaban J connectivity index is 5.19. The molecule has 0 aromatic heterocycles. The Kier molecular flexibility index (Phi) is 47.5. The molecule has 10 nitrogen and oxygen atoms in total. The molecule has 0 aliphatic heterocycles. The Morgan fingerprint density at radius 2 is 0.681 bits per heavy atom. The molecular formula is C59H114N2O8. The van der Waals surface area contributed by atoms with Crippen molar-refractivity contribution in [1.29, 1.82) is 0 Å². The van der Waals surface area contributed by atoms with Crippen molar-refractivity contribution >= 4 is 24.0 Å². The highest BCUT2D eigenvalue weighted by molar-refractivity contribution is 5.78. The molecule has 0 aliphatic rings. The predicted octanol–water partition coefficient (Wildman–Crippen LogP) is 16.8. The normalized spacial score (nSPS) is 12.1. The van der Waals surface area contributed by atoms with Crippen LogP contribution in [0.2, 0.25) is 0 Å². The van der Waals surface area contributed by atoms with E-state index in [2.05, 4.69) is 39.5 Å². The van der Waals surface area contributed by atoms with Crippen molar-refractivity contribution in [2.24, 2.45) is 0 Å². The molecule has 0 heterocycles.